The molecule has 2 aromatic rings. The van der Waals surface area contributed by atoms with Crippen LogP contribution in [-0.4, -0.2) is 25.2 Å². The van der Waals surface area contributed by atoms with Gasteiger partial charge in [0.25, 0.3) is 0 Å². The molecule has 0 saturated carbocycles. The van der Waals surface area contributed by atoms with Crippen molar-refractivity contribution < 1.29 is 40.6 Å². The number of carbonyl (C=O) groups is 1. The van der Waals surface area contributed by atoms with Gasteiger partial charge in [0.15, 0.2) is 0 Å². The van der Waals surface area contributed by atoms with Gasteiger partial charge in [0, 0.05) is 13.5 Å². The molecule has 1 heterocycles. The molecule has 186 valence electrons. The van der Waals surface area contributed by atoms with E-state index in [9.17, 15) is 31.1 Å². The molecular weight excluding hydrogens is 464 g/mol. The predicted molar refractivity (Wildman–Crippen MR) is 112 cm³/mol. The van der Waals surface area contributed by atoms with Crippen molar-refractivity contribution in [2.24, 2.45) is 0 Å². The SMILES string of the molecule is CC(=O)OC1CCC(COC(C)c2cc(C(F)(F)F)cc(C(F)(F)F)c2)(c2ccccc2)NC1. The molecule has 1 aliphatic heterocycles. The molecule has 1 fully saturated rings. The molecule has 10 heteroatoms. The quantitative estimate of drug-likeness (QED) is 0.399. The van der Waals surface area contributed by atoms with Crippen molar-refractivity contribution in [3.8, 4) is 0 Å². The summed E-state index contributed by atoms with van der Waals surface area (Å²) in [4.78, 5) is 11.3. The Bertz CT molecular complexity index is 950. The molecule has 0 aliphatic carbocycles. The first-order chi connectivity index (χ1) is 15.8. The highest BCUT2D eigenvalue weighted by molar-refractivity contribution is 5.66. The van der Waals surface area contributed by atoms with Crippen molar-refractivity contribution in [2.75, 3.05) is 13.2 Å². The zero-order chi connectivity index (χ0) is 25.1. The molecule has 2 aromatic carbocycles. The summed E-state index contributed by atoms with van der Waals surface area (Å²) in [6, 6.07) is 10.6. The maximum atomic E-state index is 13.2. The summed E-state index contributed by atoms with van der Waals surface area (Å²) in [6.45, 7) is 3.05. The van der Waals surface area contributed by atoms with E-state index in [-0.39, 0.29) is 24.3 Å². The third kappa shape index (κ3) is 6.29. The van der Waals surface area contributed by atoms with E-state index in [1.54, 1.807) is 0 Å². The van der Waals surface area contributed by atoms with E-state index in [1.807, 2.05) is 30.3 Å². The highest BCUT2D eigenvalue weighted by atomic mass is 19.4. The van der Waals surface area contributed by atoms with Gasteiger partial charge < -0.3 is 14.8 Å². The number of ether oxygens (including phenoxy) is 2. The minimum atomic E-state index is -4.93. The van der Waals surface area contributed by atoms with Crippen LogP contribution in [0.3, 0.4) is 0 Å². The highest BCUT2D eigenvalue weighted by Gasteiger charge is 2.40. The average molecular weight is 489 g/mol. The van der Waals surface area contributed by atoms with E-state index < -0.39 is 41.1 Å². The largest absolute Gasteiger partial charge is 0.461 e. The van der Waals surface area contributed by atoms with Gasteiger partial charge in [0.2, 0.25) is 0 Å². The van der Waals surface area contributed by atoms with Crippen LogP contribution in [0.5, 0.6) is 0 Å². The zero-order valence-corrected chi connectivity index (χ0v) is 18.6. The summed E-state index contributed by atoms with van der Waals surface area (Å²) < 4.78 is 90.5. The lowest BCUT2D eigenvalue weighted by Gasteiger charge is -2.41. The van der Waals surface area contributed by atoms with Crippen molar-refractivity contribution >= 4 is 5.97 Å². The van der Waals surface area contributed by atoms with Gasteiger partial charge in [0.1, 0.15) is 6.10 Å². The lowest BCUT2D eigenvalue weighted by atomic mass is 9.82. The fourth-order valence-corrected chi connectivity index (χ4v) is 4.03. The number of halogens is 6. The Morgan fingerprint density at radius 2 is 1.65 bits per heavy atom. The van der Waals surface area contributed by atoms with Crippen molar-refractivity contribution in [2.45, 2.75) is 56.8 Å². The van der Waals surface area contributed by atoms with Gasteiger partial charge in [-0.1, -0.05) is 30.3 Å². The van der Waals surface area contributed by atoms with Crippen molar-refractivity contribution in [3.63, 3.8) is 0 Å². The second-order valence-electron chi connectivity index (χ2n) is 8.39. The van der Waals surface area contributed by atoms with Gasteiger partial charge in [0.05, 0.1) is 29.4 Å². The van der Waals surface area contributed by atoms with E-state index in [2.05, 4.69) is 5.32 Å². The van der Waals surface area contributed by atoms with Crippen LogP contribution >= 0.6 is 0 Å². The molecular formula is C24H25F6NO3. The van der Waals surface area contributed by atoms with Gasteiger partial charge >= 0.3 is 18.3 Å². The van der Waals surface area contributed by atoms with Crippen molar-refractivity contribution in [3.05, 3.63) is 70.8 Å². The van der Waals surface area contributed by atoms with Gasteiger partial charge in [-0.2, -0.15) is 26.3 Å². The molecule has 0 bridgehead atoms. The monoisotopic (exact) mass is 489 g/mol. The summed E-state index contributed by atoms with van der Waals surface area (Å²) in [5.74, 6) is -0.408. The second-order valence-corrected chi connectivity index (χ2v) is 8.39. The zero-order valence-electron chi connectivity index (χ0n) is 18.6. The lowest BCUT2D eigenvalue weighted by molar-refractivity contribution is -0.148. The number of esters is 1. The first-order valence-electron chi connectivity index (χ1n) is 10.7. The molecule has 4 nitrogen and oxygen atoms in total. The number of hydrogen-bond acceptors (Lipinski definition) is 4. The lowest BCUT2D eigenvalue weighted by Crippen LogP contribution is -2.54. The van der Waals surface area contributed by atoms with Gasteiger partial charge in [-0.15, -0.1) is 0 Å². The molecule has 0 spiro atoms. The number of rotatable bonds is 6. The maximum absolute atomic E-state index is 13.2. The Kier molecular flexibility index (Phi) is 7.62. The number of hydrogen-bond donors (Lipinski definition) is 1. The Labute approximate surface area is 193 Å². The molecule has 0 amide bonds. The Balaban J connectivity index is 1.84. The van der Waals surface area contributed by atoms with E-state index in [0.29, 0.717) is 31.5 Å². The van der Waals surface area contributed by atoms with Crippen LogP contribution in [0.4, 0.5) is 26.3 Å². The Morgan fingerprint density at radius 1 is 1.06 bits per heavy atom. The molecule has 1 saturated heterocycles. The molecule has 0 radical (unpaired) electrons. The number of carbonyl (C=O) groups excluding carboxylic acids is 1. The minimum Gasteiger partial charge on any atom is -0.461 e. The number of benzene rings is 2. The van der Waals surface area contributed by atoms with E-state index in [1.165, 1.54) is 13.8 Å². The standard InChI is InChI=1S/C24H25F6NO3/c1-15(17-10-19(23(25,26)27)12-20(11-17)24(28,29)30)33-14-22(18-6-4-3-5-7-18)9-8-21(13-31-22)34-16(2)32/h3-7,10-12,15,21,31H,8-9,13-14H2,1-2H3. The summed E-state index contributed by atoms with van der Waals surface area (Å²) in [7, 11) is 0. The third-order valence-corrected chi connectivity index (χ3v) is 5.88. The van der Waals surface area contributed by atoms with E-state index in [0.717, 1.165) is 5.56 Å². The summed E-state index contributed by atoms with van der Waals surface area (Å²) in [5, 5.41) is 3.32. The van der Waals surface area contributed by atoms with Crippen LogP contribution in [-0.2, 0) is 32.2 Å². The number of piperidine rings is 1. The molecule has 1 aliphatic rings. The highest BCUT2D eigenvalue weighted by Crippen LogP contribution is 2.39. The number of nitrogens with one attached hydrogen (secondary N) is 1. The average Bonchev–Trinajstić information content (AvgIpc) is 2.77. The van der Waals surface area contributed by atoms with Crippen LogP contribution in [0, 0.1) is 0 Å². The smallest absolute Gasteiger partial charge is 0.416 e. The van der Waals surface area contributed by atoms with Gasteiger partial charge in [-0.25, -0.2) is 0 Å². The molecule has 34 heavy (non-hydrogen) atoms. The first-order valence-corrected chi connectivity index (χ1v) is 10.7. The summed E-state index contributed by atoms with van der Waals surface area (Å²) in [5.41, 5.74) is -2.89. The number of alkyl halides is 6. The Morgan fingerprint density at radius 3 is 2.12 bits per heavy atom. The van der Waals surface area contributed by atoms with Crippen molar-refractivity contribution in [1.29, 1.82) is 0 Å². The molecule has 0 aromatic heterocycles. The first kappa shape index (κ1) is 26.0. The fraction of sp³-hybridized carbons (Fsp3) is 0.458. The second kappa shape index (κ2) is 9.95. The summed E-state index contributed by atoms with van der Waals surface area (Å²) >= 11 is 0. The molecule has 1 N–H and O–H groups in total. The van der Waals surface area contributed by atoms with Crippen LogP contribution < -0.4 is 5.32 Å². The molecule has 3 unspecified atom stereocenters. The third-order valence-electron chi connectivity index (χ3n) is 5.88. The maximum Gasteiger partial charge on any atom is 0.416 e. The Hall–Kier alpha value is -2.59. The fourth-order valence-electron chi connectivity index (χ4n) is 4.03. The topological polar surface area (TPSA) is 47.6 Å². The normalized spacial score (nSPS) is 22.3. The van der Waals surface area contributed by atoms with Gasteiger partial charge in [-0.3, -0.25) is 4.79 Å². The van der Waals surface area contributed by atoms with Crippen LogP contribution in [0.2, 0.25) is 0 Å². The van der Waals surface area contributed by atoms with Gasteiger partial charge in [-0.05, 0) is 49.1 Å². The minimum absolute atomic E-state index is 0.0113. The van der Waals surface area contributed by atoms with Crippen molar-refractivity contribution in [1.82, 2.24) is 5.32 Å². The summed E-state index contributed by atoms with van der Waals surface area (Å²) in [6.07, 6.45) is -10.3. The molecule has 3 atom stereocenters. The predicted octanol–water partition coefficient (Wildman–Crippen LogP) is 6.01. The molecule has 3 rings (SSSR count). The van der Waals surface area contributed by atoms with Crippen LogP contribution in [0.15, 0.2) is 48.5 Å². The van der Waals surface area contributed by atoms with Crippen LogP contribution in [0.1, 0.15) is 55.0 Å². The van der Waals surface area contributed by atoms with E-state index >= 15 is 0 Å². The van der Waals surface area contributed by atoms with Crippen LogP contribution in [0.25, 0.3) is 0 Å². The van der Waals surface area contributed by atoms with E-state index in [4.69, 9.17) is 9.47 Å².